The first-order chi connectivity index (χ1) is 8.82. The van der Waals surface area contributed by atoms with Gasteiger partial charge >= 0.3 is 6.09 Å². The Labute approximate surface area is 118 Å². The van der Waals surface area contributed by atoms with Crippen LogP contribution in [0.4, 0.5) is 4.79 Å². The zero-order chi connectivity index (χ0) is 14.9. The summed E-state index contributed by atoms with van der Waals surface area (Å²) in [6.07, 6.45) is 4.06. The highest BCUT2D eigenvalue weighted by Crippen LogP contribution is 2.16. The Morgan fingerprint density at radius 1 is 1.37 bits per heavy atom. The van der Waals surface area contributed by atoms with E-state index in [1.807, 2.05) is 20.8 Å². The van der Waals surface area contributed by atoms with Crippen molar-refractivity contribution in [1.29, 1.82) is 0 Å². The fourth-order valence-electron chi connectivity index (χ4n) is 0.959. The smallest absolute Gasteiger partial charge is 0.410 e. The number of nitrogens with zero attached hydrogens (tertiary/aromatic N) is 2. The quantitative estimate of drug-likeness (QED) is 0.410. The average Bonchev–Trinajstić information content (AvgIpc) is 2.33. The maximum Gasteiger partial charge on any atom is 0.410 e. The summed E-state index contributed by atoms with van der Waals surface area (Å²) in [7, 11) is 0. The fourth-order valence-corrected chi connectivity index (χ4v) is 1.48. The third-order valence-corrected chi connectivity index (χ3v) is 3.32. The summed E-state index contributed by atoms with van der Waals surface area (Å²) in [5, 5.41) is 0. The molecule has 1 unspecified atom stereocenters. The fraction of sp³-hybridized carbons (Fsp3) is 0.538. The lowest BCUT2D eigenvalue weighted by Gasteiger charge is -2.20. The molecule has 1 amide bonds. The van der Waals surface area contributed by atoms with Gasteiger partial charge in [0.2, 0.25) is 0 Å². The van der Waals surface area contributed by atoms with E-state index in [1.54, 1.807) is 6.08 Å². The number of carbonyl (C=O) groups excluding carboxylic acids is 1. The van der Waals surface area contributed by atoms with E-state index in [4.69, 9.17) is 4.74 Å². The molecule has 108 valence electrons. The van der Waals surface area contributed by atoms with Crippen molar-refractivity contribution in [2.75, 3.05) is 19.7 Å². The molecule has 0 saturated heterocycles. The topological polar surface area (TPSA) is 65.0 Å². The van der Waals surface area contributed by atoms with E-state index < -0.39 is 22.2 Å². The molecule has 0 radical (unpaired) electrons. The van der Waals surface area contributed by atoms with Crippen LogP contribution in [0.2, 0.25) is 0 Å². The average molecular weight is 286 g/mol. The van der Waals surface area contributed by atoms with Crippen molar-refractivity contribution in [3.8, 4) is 0 Å². The number of hydrogen-bond acceptors (Lipinski definition) is 4. The summed E-state index contributed by atoms with van der Waals surface area (Å²) in [6, 6.07) is 0. The van der Waals surface area contributed by atoms with Gasteiger partial charge in [-0.3, -0.25) is 4.90 Å². The minimum atomic E-state index is -1.33. The van der Waals surface area contributed by atoms with Crippen molar-refractivity contribution in [3.05, 3.63) is 25.3 Å². The molecule has 0 aromatic rings. The zero-order valence-corrected chi connectivity index (χ0v) is 12.6. The second kappa shape index (κ2) is 8.77. The molecule has 0 aliphatic carbocycles. The number of amides is 1. The van der Waals surface area contributed by atoms with Gasteiger partial charge in [-0.15, -0.1) is 6.58 Å². The molecule has 0 heterocycles. The van der Waals surface area contributed by atoms with Crippen LogP contribution in [0.5, 0.6) is 0 Å². The molecule has 0 rings (SSSR count). The Morgan fingerprint density at radius 3 is 2.47 bits per heavy atom. The molecule has 0 bridgehead atoms. The molecule has 0 aromatic heterocycles. The minimum Gasteiger partial charge on any atom is -0.591 e. The Balaban J connectivity index is 4.43. The molecule has 0 aliphatic rings. The molecule has 19 heavy (non-hydrogen) atoms. The van der Waals surface area contributed by atoms with Gasteiger partial charge < -0.3 is 9.29 Å². The highest BCUT2D eigenvalue weighted by molar-refractivity contribution is 7.91. The summed E-state index contributed by atoms with van der Waals surface area (Å²) in [5.41, 5.74) is 0. The molecule has 0 spiro atoms. The summed E-state index contributed by atoms with van der Waals surface area (Å²) < 4.78 is 20.1. The molecule has 0 aliphatic heterocycles. The van der Waals surface area contributed by atoms with Crippen LogP contribution in [0, 0.1) is 0 Å². The Bertz CT molecular complexity index is 337. The van der Waals surface area contributed by atoms with Crippen molar-refractivity contribution in [3.63, 3.8) is 0 Å². The molecule has 6 heteroatoms. The lowest BCUT2D eigenvalue weighted by Crippen LogP contribution is -2.34. The maximum atomic E-state index is 11.7. The van der Waals surface area contributed by atoms with Crippen LogP contribution in [0.15, 0.2) is 29.7 Å². The molecule has 0 aromatic carbocycles. The first kappa shape index (κ1) is 17.7. The van der Waals surface area contributed by atoms with Crippen molar-refractivity contribution < 1.29 is 14.1 Å². The van der Waals surface area contributed by atoms with E-state index >= 15 is 0 Å². The van der Waals surface area contributed by atoms with Gasteiger partial charge in [-0.2, -0.15) is 0 Å². The van der Waals surface area contributed by atoms with Gasteiger partial charge in [-0.05, 0) is 20.8 Å². The third-order valence-electron chi connectivity index (χ3n) is 1.93. The van der Waals surface area contributed by atoms with Gasteiger partial charge in [0.1, 0.15) is 22.7 Å². The van der Waals surface area contributed by atoms with E-state index in [0.717, 1.165) is 0 Å². The second-order valence-electron chi connectivity index (χ2n) is 4.71. The highest BCUT2D eigenvalue weighted by Gasteiger charge is 2.25. The first-order valence-electron chi connectivity index (χ1n) is 5.91. The summed E-state index contributed by atoms with van der Waals surface area (Å²) in [4.78, 5) is 13.0. The number of carbonyl (C=O) groups is 1. The molecular formula is C13H22N2O3S. The summed E-state index contributed by atoms with van der Waals surface area (Å²) in [6.45, 7) is 13.3. The van der Waals surface area contributed by atoms with E-state index in [0.29, 0.717) is 6.54 Å². The molecule has 0 fully saturated rings. The minimum absolute atomic E-state index is 0.150. The highest BCUT2D eigenvalue weighted by atomic mass is 32.2. The molecular weight excluding hydrogens is 264 g/mol. The standard InChI is InChI=1S/C13H22N2O3S/c1-6-9-15(12(16)18-11-7-2)10-8-14-19(17)13(3,4)5/h6-8H,1-2,9-11H2,3-5H3. The van der Waals surface area contributed by atoms with E-state index in [2.05, 4.69) is 17.6 Å². The van der Waals surface area contributed by atoms with Gasteiger partial charge in [-0.25, -0.2) is 4.79 Å². The van der Waals surface area contributed by atoms with E-state index in [9.17, 15) is 9.35 Å². The van der Waals surface area contributed by atoms with Gasteiger partial charge in [0.05, 0.1) is 12.8 Å². The summed E-state index contributed by atoms with van der Waals surface area (Å²) >= 11 is -1.33. The monoisotopic (exact) mass is 286 g/mol. The van der Waals surface area contributed by atoms with Crippen LogP contribution in [-0.2, 0) is 16.1 Å². The van der Waals surface area contributed by atoms with Crippen LogP contribution in [-0.4, -0.2) is 46.2 Å². The van der Waals surface area contributed by atoms with Crippen molar-refractivity contribution in [2.45, 2.75) is 25.5 Å². The van der Waals surface area contributed by atoms with Gasteiger partial charge in [-0.1, -0.05) is 23.1 Å². The number of ether oxygens (including phenoxy) is 1. The second-order valence-corrected chi connectivity index (χ2v) is 6.64. The molecule has 1 atom stereocenters. The van der Waals surface area contributed by atoms with Crippen LogP contribution >= 0.6 is 0 Å². The maximum absolute atomic E-state index is 11.7. The Morgan fingerprint density at radius 2 is 2.00 bits per heavy atom. The normalized spacial score (nSPS) is 13.1. The summed E-state index contributed by atoms with van der Waals surface area (Å²) in [5.74, 6) is 0. The van der Waals surface area contributed by atoms with E-state index in [-0.39, 0.29) is 13.2 Å². The Hall–Kier alpha value is -1.27. The van der Waals surface area contributed by atoms with Crippen LogP contribution in [0.3, 0.4) is 0 Å². The van der Waals surface area contributed by atoms with E-state index in [1.165, 1.54) is 17.2 Å². The third kappa shape index (κ3) is 7.69. The molecule has 0 saturated carbocycles. The molecule has 0 N–H and O–H groups in total. The van der Waals surface area contributed by atoms with Crippen LogP contribution < -0.4 is 0 Å². The first-order valence-corrected chi connectivity index (χ1v) is 7.01. The molecule has 5 nitrogen and oxygen atoms in total. The van der Waals surface area contributed by atoms with Crippen LogP contribution in [0.1, 0.15) is 20.8 Å². The van der Waals surface area contributed by atoms with Gasteiger partial charge in [0, 0.05) is 6.54 Å². The SMILES string of the molecule is C=CCOC(=O)N(CC=C)CC=N[S+]([O-])C(C)(C)C. The largest absolute Gasteiger partial charge is 0.591 e. The van der Waals surface area contributed by atoms with Gasteiger partial charge in [0.25, 0.3) is 0 Å². The van der Waals surface area contributed by atoms with Crippen LogP contribution in [0.25, 0.3) is 0 Å². The van der Waals surface area contributed by atoms with Crippen molar-refractivity contribution in [1.82, 2.24) is 4.90 Å². The lowest BCUT2D eigenvalue weighted by molar-refractivity contribution is 0.122. The number of rotatable bonds is 7. The van der Waals surface area contributed by atoms with Crippen molar-refractivity contribution in [2.24, 2.45) is 4.40 Å². The predicted molar refractivity (Wildman–Crippen MR) is 79.7 cm³/mol. The number of hydrogen-bond donors (Lipinski definition) is 0. The van der Waals surface area contributed by atoms with Crippen molar-refractivity contribution >= 4 is 23.7 Å². The predicted octanol–water partition coefficient (Wildman–Crippen LogP) is 2.33. The Kier molecular flexibility index (Phi) is 8.18. The lowest BCUT2D eigenvalue weighted by atomic mass is 10.3. The zero-order valence-electron chi connectivity index (χ0n) is 11.8. The van der Waals surface area contributed by atoms with Gasteiger partial charge in [0.15, 0.2) is 0 Å².